The fourth-order valence-corrected chi connectivity index (χ4v) is 10.4. The second kappa shape index (κ2) is 35.8. The third-order valence-corrected chi connectivity index (χ3v) is 15.2. The van der Waals surface area contributed by atoms with Crippen molar-refractivity contribution in [3.05, 3.63) is 177 Å². The fourth-order valence-electron chi connectivity index (χ4n) is 10.4. The lowest BCUT2D eigenvalue weighted by molar-refractivity contribution is -0.140. The number of hydrogen-bond donors (Lipinski definition) is 7. The number of nitrogens with one attached hydrogen (secondary N) is 2. The maximum atomic E-state index is 14.0. The zero-order chi connectivity index (χ0) is 65.5. The predicted octanol–water partition coefficient (Wildman–Crippen LogP) is 13.7. The Morgan fingerprint density at radius 2 is 0.955 bits per heavy atom. The van der Waals surface area contributed by atoms with Gasteiger partial charge in [-0.15, -0.1) is 0 Å². The molecule has 2 aromatic heterocycles. The van der Waals surface area contributed by atoms with Gasteiger partial charge < -0.3 is 55.1 Å². The summed E-state index contributed by atoms with van der Waals surface area (Å²) < 4.78 is 51.8. The Morgan fingerprint density at radius 1 is 0.539 bits per heavy atom. The quantitative estimate of drug-likeness (QED) is 0.0150. The van der Waals surface area contributed by atoms with Crippen LogP contribution in [0.5, 0.6) is 11.5 Å². The van der Waals surface area contributed by atoms with Crippen molar-refractivity contribution in [3.8, 4) is 33.8 Å². The molecule has 89 heavy (non-hydrogen) atoms. The van der Waals surface area contributed by atoms with E-state index in [0.717, 1.165) is 80.1 Å². The van der Waals surface area contributed by atoms with Crippen molar-refractivity contribution < 1.29 is 62.8 Å². The van der Waals surface area contributed by atoms with Crippen molar-refractivity contribution in [1.29, 1.82) is 0 Å². The van der Waals surface area contributed by atoms with Gasteiger partial charge in [-0.1, -0.05) is 128 Å². The predicted molar refractivity (Wildman–Crippen MR) is 348 cm³/mol. The van der Waals surface area contributed by atoms with E-state index in [-0.39, 0.29) is 68.3 Å². The zero-order valence-corrected chi connectivity index (χ0v) is 54.0. The standard InChI is InChI=1S/C36H47FN2O6.C36H47FN2O5/c1-22(2)35-31(16-13-28(40)18-29(41)19-33(42)43)34(26-9-11-27(37)12-10-26)32(36(39-35)23(3)4)20-44-21-45-30-14-7-25(8-15-30)17-24(5)38-6;1-22(2)35-25(6)34(27-10-12-28(37)13-11-27)32(36(39-35)23(3)4)17-16-31(19-29(40)20-33(41)42)44-21-43-30-14-8-26(9-15-30)18-24(5)38-7/h7-16,22-24,28-29,38,40-41H,17-21H2,1-6H3,(H,42,43);8-17,22-24,29,31,38,40H,18-21H2,1-7H3,(H,41,42)/b16-13+;17-16+/t24?,28-,29-;24?,29-,31-/m11/s1. The summed E-state index contributed by atoms with van der Waals surface area (Å²) in [7, 11) is 3.87. The summed E-state index contributed by atoms with van der Waals surface area (Å²) in [5.41, 5.74) is 12.7. The largest absolute Gasteiger partial charge is 0.481 e. The summed E-state index contributed by atoms with van der Waals surface area (Å²) in [4.78, 5) is 32.4. The van der Waals surface area contributed by atoms with E-state index in [1.54, 1.807) is 30.3 Å². The van der Waals surface area contributed by atoms with E-state index in [4.69, 9.17) is 34.0 Å². The lowest BCUT2D eigenvalue weighted by atomic mass is 9.87. The number of carboxylic acid groups (broad SMARTS) is 2. The minimum absolute atomic E-state index is 0.00391. The molecule has 17 heteroatoms. The van der Waals surface area contributed by atoms with Crippen molar-refractivity contribution in [2.24, 2.45) is 0 Å². The average molecular weight is 1230 g/mol. The highest BCUT2D eigenvalue weighted by atomic mass is 19.1. The van der Waals surface area contributed by atoms with Crippen molar-refractivity contribution in [1.82, 2.24) is 20.6 Å². The molecule has 6 rings (SSSR count). The number of aliphatic hydroxyl groups is 3. The highest BCUT2D eigenvalue weighted by Gasteiger charge is 2.26. The zero-order valence-electron chi connectivity index (χ0n) is 54.0. The number of pyridine rings is 2. The molecule has 2 unspecified atom stereocenters. The molecule has 0 spiro atoms. The molecule has 2 heterocycles. The van der Waals surface area contributed by atoms with Gasteiger partial charge >= 0.3 is 11.9 Å². The van der Waals surface area contributed by atoms with Crippen molar-refractivity contribution in [3.63, 3.8) is 0 Å². The molecule has 0 radical (unpaired) electrons. The Morgan fingerprint density at radius 3 is 1.40 bits per heavy atom. The third-order valence-electron chi connectivity index (χ3n) is 15.2. The summed E-state index contributed by atoms with van der Waals surface area (Å²) in [5, 5.41) is 55.8. The molecule has 6 aromatic rings. The average Bonchev–Trinajstić information content (AvgIpc) is 0.924. The molecule has 0 aliphatic heterocycles. The topological polar surface area (TPSA) is 222 Å². The van der Waals surface area contributed by atoms with Crippen LogP contribution in [-0.2, 0) is 38.5 Å². The molecular formula is C72H94F2N4O11. The normalized spacial score (nSPS) is 13.9. The number of halogens is 2. The summed E-state index contributed by atoms with van der Waals surface area (Å²) >= 11 is 0. The van der Waals surface area contributed by atoms with Gasteiger partial charge in [-0.3, -0.25) is 19.6 Å². The van der Waals surface area contributed by atoms with Crippen molar-refractivity contribution in [2.75, 3.05) is 27.7 Å². The molecule has 0 aliphatic carbocycles. The molecule has 0 saturated heterocycles. The van der Waals surface area contributed by atoms with E-state index in [0.29, 0.717) is 23.6 Å². The van der Waals surface area contributed by atoms with E-state index in [2.05, 4.69) is 66.0 Å². The van der Waals surface area contributed by atoms with Crippen LogP contribution in [0, 0.1) is 18.6 Å². The molecule has 0 saturated carbocycles. The molecule has 15 nitrogen and oxygen atoms in total. The lowest BCUT2D eigenvalue weighted by Crippen LogP contribution is -2.23. The van der Waals surface area contributed by atoms with E-state index in [9.17, 15) is 38.8 Å². The smallest absolute Gasteiger partial charge is 0.305 e. The second-order valence-electron chi connectivity index (χ2n) is 24.0. The number of aliphatic hydroxyl groups excluding tert-OH is 3. The van der Waals surface area contributed by atoms with Gasteiger partial charge in [-0.25, -0.2) is 8.78 Å². The van der Waals surface area contributed by atoms with E-state index < -0.39 is 49.2 Å². The van der Waals surface area contributed by atoms with E-state index >= 15 is 0 Å². The number of hydrogen-bond acceptors (Lipinski definition) is 13. The highest BCUT2D eigenvalue weighted by molar-refractivity contribution is 5.81. The van der Waals surface area contributed by atoms with Crippen molar-refractivity contribution in [2.45, 2.75) is 181 Å². The van der Waals surface area contributed by atoms with Crippen LogP contribution in [0.3, 0.4) is 0 Å². The van der Waals surface area contributed by atoms with Gasteiger partial charge in [0.15, 0.2) is 13.6 Å². The number of benzene rings is 4. The van der Waals surface area contributed by atoms with Gasteiger partial charge in [-0.2, -0.15) is 0 Å². The molecule has 0 aliphatic rings. The third kappa shape index (κ3) is 23.0. The van der Waals surface area contributed by atoms with Crippen LogP contribution < -0.4 is 20.1 Å². The van der Waals surface area contributed by atoms with Gasteiger partial charge in [0.05, 0.1) is 55.3 Å². The number of ether oxygens (including phenoxy) is 4. The fraction of sp³-hybridized carbons (Fsp3) is 0.444. The Kier molecular flexibility index (Phi) is 29.2. The van der Waals surface area contributed by atoms with E-state index in [1.165, 1.54) is 41.5 Å². The molecule has 0 amide bonds. The minimum Gasteiger partial charge on any atom is -0.481 e. The maximum absolute atomic E-state index is 14.0. The van der Waals surface area contributed by atoms with Crippen LogP contribution in [0.4, 0.5) is 8.78 Å². The van der Waals surface area contributed by atoms with Crippen LogP contribution in [0.1, 0.15) is 175 Å². The number of aliphatic carboxylic acids is 2. The maximum Gasteiger partial charge on any atom is 0.305 e. The number of carbonyl (C=O) groups is 2. The number of carboxylic acids is 2. The van der Waals surface area contributed by atoms with Crippen LogP contribution in [0.25, 0.3) is 34.4 Å². The summed E-state index contributed by atoms with van der Waals surface area (Å²) in [5.74, 6) is -1.24. The Bertz CT molecular complexity index is 3220. The molecule has 6 atom stereocenters. The number of aromatic nitrogens is 2. The SMILES string of the molecule is CNC(C)Cc1ccc(OCOCc2c(C(C)C)nc(C(C)C)c(/C=C/[C@@H](O)C[C@@H](O)CC(=O)O)c2-c2ccc(F)cc2)cc1.CNC(C)Cc1ccc(OCO[C@H](/C=C/c2c(C(C)C)nc(C(C)C)c(C)c2-c2ccc(F)cc2)C[C@@H](O)CC(=O)O)cc1. The highest BCUT2D eigenvalue weighted by Crippen LogP contribution is 2.40. The van der Waals surface area contributed by atoms with Crippen molar-refractivity contribution >= 4 is 24.1 Å². The molecule has 0 bridgehead atoms. The lowest BCUT2D eigenvalue weighted by Gasteiger charge is -2.24. The Balaban J connectivity index is 0.000000324. The molecular weight excluding hydrogens is 1130 g/mol. The van der Waals surface area contributed by atoms with Gasteiger partial charge in [-0.05, 0) is 159 Å². The summed E-state index contributed by atoms with van der Waals surface area (Å²) in [6.45, 7) is 22.9. The van der Waals surface area contributed by atoms with Crippen LogP contribution in [0.2, 0.25) is 0 Å². The van der Waals surface area contributed by atoms with Crippen LogP contribution >= 0.6 is 0 Å². The number of nitrogens with zero attached hydrogens (tertiary/aromatic N) is 2. The molecule has 4 aromatic carbocycles. The van der Waals surface area contributed by atoms with Gasteiger partial charge in [0.2, 0.25) is 0 Å². The van der Waals surface area contributed by atoms with Crippen LogP contribution in [-0.4, -0.2) is 112 Å². The van der Waals surface area contributed by atoms with Crippen LogP contribution in [0.15, 0.2) is 109 Å². The minimum atomic E-state index is -1.19. The number of likely N-dealkylation sites (N-methyl/N-ethyl adjacent to an activating group) is 2. The Labute approximate surface area is 525 Å². The first-order valence-corrected chi connectivity index (χ1v) is 30.7. The summed E-state index contributed by atoms with van der Waals surface area (Å²) in [6.07, 6.45) is 3.86. The molecule has 0 fully saturated rings. The first kappa shape index (κ1) is 72.5. The first-order chi connectivity index (χ1) is 42.3. The molecule has 482 valence electrons. The second-order valence-corrected chi connectivity index (χ2v) is 24.0. The van der Waals surface area contributed by atoms with Gasteiger partial charge in [0.1, 0.15) is 23.1 Å². The van der Waals surface area contributed by atoms with Gasteiger partial charge in [0, 0.05) is 53.0 Å². The number of rotatable bonds is 33. The van der Waals surface area contributed by atoms with E-state index in [1.807, 2.05) is 95.5 Å². The Hall–Kier alpha value is -7.22. The first-order valence-electron chi connectivity index (χ1n) is 30.7. The molecule has 7 N–H and O–H groups in total. The van der Waals surface area contributed by atoms with Gasteiger partial charge in [0.25, 0.3) is 0 Å². The monoisotopic (exact) mass is 1230 g/mol. The summed E-state index contributed by atoms with van der Waals surface area (Å²) in [6, 6.07) is 29.1.